The van der Waals surface area contributed by atoms with Crippen LogP contribution in [-0.4, -0.2) is 37.6 Å². The predicted molar refractivity (Wildman–Crippen MR) is 123 cm³/mol. The highest BCUT2D eigenvalue weighted by Gasteiger charge is 2.44. The number of aryl methyl sites for hydroxylation is 2. The number of imidazole rings is 1. The lowest BCUT2D eigenvalue weighted by Gasteiger charge is -2.27. The van der Waals surface area contributed by atoms with E-state index in [4.69, 9.17) is 4.74 Å². The summed E-state index contributed by atoms with van der Waals surface area (Å²) in [4.78, 5) is 8.85. The third-order valence-electron chi connectivity index (χ3n) is 6.33. The number of allylic oxidation sites excluding steroid dienone is 4. The summed E-state index contributed by atoms with van der Waals surface area (Å²) in [6.45, 7) is 2.49. The van der Waals surface area contributed by atoms with Crippen LogP contribution in [0.2, 0.25) is 0 Å². The Hall–Kier alpha value is -3.62. The van der Waals surface area contributed by atoms with E-state index < -0.39 is 17.7 Å². The molecule has 1 unspecified atom stereocenters. The van der Waals surface area contributed by atoms with Gasteiger partial charge in [0.1, 0.15) is 11.6 Å². The molecule has 9 heteroatoms. The van der Waals surface area contributed by atoms with Crippen molar-refractivity contribution >= 4 is 12.2 Å². The molecule has 1 aliphatic carbocycles. The normalized spacial score (nSPS) is 20.1. The number of rotatable bonds is 5. The maximum absolute atomic E-state index is 13.6. The number of halogens is 3. The van der Waals surface area contributed by atoms with Gasteiger partial charge in [-0.1, -0.05) is 30.4 Å². The molecule has 0 radical (unpaired) electrons. The molecule has 0 N–H and O–H groups in total. The molecule has 1 aromatic carbocycles. The number of fused-ring (bicyclic) bond motifs is 1. The third kappa shape index (κ3) is 4.18. The number of hydrogen-bond donors (Lipinski definition) is 0. The van der Waals surface area contributed by atoms with E-state index in [9.17, 15) is 13.2 Å². The van der Waals surface area contributed by atoms with Crippen LogP contribution in [0.5, 0.6) is 5.75 Å². The van der Waals surface area contributed by atoms with Gasteiger partial charge in [-0.25, -0.2) is 14.6 Å². The largest absolute Gasteiger partial charge is 0.495 e. The maximum Gasteiger partial charge on any atom is 0.412 e. The average molecular weight is 467 g/mol. The van der Waals surface area contributed by atoms with E-state index in [1.807, 2.05) is 42.0 Å². The smallest absolute Gasteiger partial charge is 0.412 e. The first-order chi connectivity index (χ1) is 16.3. The van der Waals surface area contributed by atoms with Gasteiger partial charge < -0.3 is 9.30 Å². The molecule has 0 spiro atoms. The Balaban J connectivity index is 1.37. The highest BCUT2D eigenvalue weighted by atomic mass is 19.4. The van der Waals surface area contributed by atoms with Gasteiger partial charge in [-0.3, -0.25) is 0 Å². The van der Waals surface area contributed by atoms with Crippen molar-refractivity contribution in [2.75, 3.05) is 7.11 Å². The van der Waals surface area contributed by atoms with Crippen molar-refractivity contribution in [2.24, 2.45) is 5.92 Å². The summed E-state index contributed by atoms with van der Waals surface area (Å²) in [6.07, 6.45) is 8.40. The minimum absolute atomic E-state index is 0.300. The number of benzene rings is 1. The van der Waals surface area contributed by atoms with Crippen LogP contribution in [0.15, 0.2) is 54.5 Å². The molecule has 34 heavy (non-hydrogen) atoms. The van der Waals surface area contributed by atoms with E-state index in [-0.39, 0.29) is 5.92 Å². The lowest BCUT2D eigenvalue weighted by atomic mass is 9.79. The first kappa shape index (κ1) is 22.2. The van der Waals surface area contributed by atoms with Gasteiger partial charge in [0.25, 0.3) is 0 Å². The molecular formula is C25H24F3N5O. The van der Waals surface area contributed by atoms with Gasteiger partial charge in [0.05, 0.1) is 24.8 Å². The zero-order chi connectivity index (χ0) is 23.9. The Morgan fingerprint density at radius 1 is 1.18 bits per heavy atom. The summed E-state index contributed by atoms with van der Waals surface area (Å²) in [7, 11) is 1.61. The highest BCUT2D eigenvalue weighted by molar-refractivity contribution is 5.69. The minimum Gasteiger partial charge on any atom is -0.495 e. The molecule has 5 rings (SSSR count). The van der Waals surface area contributed by atoms with E-state index in [0.717, 1.165) is 16.9 Å². The van der Waals surface area contributed by atoms with Crippen molar-refractivity contribution in [1.82, 2.24) is 24.3 Å². The van der Waals surface area contributed by atoms with Crippen LogP contribution in [-0.2, 0) is 6.54 Å². The van der Waals surface area contributed by atoms with Crippen molar-refractivity contribution < 1.29 is 17.9 Å². The number of nitrogens with zero attached hydrogens (tertiary/aromatic N) is 5. The van der Waals surface area contributed by atoms with E-state index in [1.165, 1.54) is 12.2 Å². The van der Waals surface area contributed by atoms with Gasteiger partial charge >= 0.3 is 6.18 Å². The number of hydrogen-bond acceptors (Lipinski definition) is 4. The molecule has 0 fully saturated rings. The minimum atomic E-state index is -4.34. The van der Waals surface area contributed by atoms with Gasteiger partial charge in [0.2, 0.25) is 0 Å². The second kappa shape index (κ2) is 8.62. The van der Waals surface area contributed by atoms with Crippen LogP contribution >= 0.6 is 0 Å². The van der Waals surface area contributed by atoms with Gasteiger partial charge in [0.15, 0.2) is 5.82 Å². The third-order valence-corrected chi connectivity index (χ3v) is 6.33. The van der Waals surface area contributed by atoms with Gasteiger partial charge in [-0.05, 0) is 43.5 Å². The van der Waals surface area contributed by atoms with Crippen LogP contribution in [0.4, 0.5) is 13.2 Å². The Labute approximate surface area is 195 Å². The van der Waals surface area contributed by atoms with Crippen LogP contribution in [0.25, 0.3) is 17.8 Å². The Kier molecular flexibility index (Phi) is 5.63. The first-order valence-corrected chi connectivity index (χ1v) is 11.1. The molecule has 3 aromatic rings. The predicted octanol–water partition coefficient (Wildman–Crippen LogP) is 5.50. The van der Waals surface area contributed by atoms with Crippen LogP contribution < -0.4 is 4.74 Å². The van der Waals surface area contributed by atoms with E-state index in [2.05, 4.69) is 15.1 Å². The summed E-state index contributed by atoms with van der Waals surface area (Å²) in [6, 6.07) is 5.80. The van der Waals surface area contributed by atoms with Crippen molar-refractivity contribution in [3.63, 3.8) is 0 Å². The Morgan fingerprint density at radius 2 is 2.03 bits per heavy atom. The number of ether oxygens (including phenoxy) is 1. The van der Waals surface area contributed by atoms with Crippen molar-refractivity contribution in [2.45, 2.75) is 38.4 Å². The van der Waals surface area contributed by atoms with Crippen LogP contribution in [0.3, 0.4) is 0 Å². The molecule has 2 aliphatic rings. The van der Waals surface area contributed by atoms with Crippen LogP contribution in [0.1, 0.15) is 41.7 Å². The Bertz CT molecular complexity index is 1300. The standard InChI is InChI=1S/C25H24F3N5O/c1-16-14-32(15-29-16)21-9-7-17(13-22(21)34-2)8-10-23-30-24-19(11-12-33(24)31-23)18-5-3-4-6-20(18)25(26,27)28/h3-4,6-10,13-15,18-19H,5,11-12H2,1-2H3/b10-8+/t18?,19-/m1/s1. The van der Waals surface area contributed by atoms with Crippen molar-refractivity contribution in [1.29, 1.82) is 0 Å². The molecule has 0 amide bonds. The molecule has 1 aliphatic heterocycles. The van der Waals surface area contributed by atoms with Crippen molar-refractivity contribution in [3.8, 4) is 11.4 Å². The van der Waals surface area contributed by atoms with E-state index in [0.29, 0.717) is 36.8 Å². The van der Waals surface area contributed by atoms with Crippen molar-refractivity contribution in [3.05, 3.63) is 77.4 Å². The second-order valence-electron chi connectivity index (χ2n) is 8.52. The Morgan fingerprint density at radius 3 is 2.76 bits per heavy atom. The van der Waals surface area contributed by atoms with Gasteiger partial charge in [-0.2, -0.15) is 18.3 Å². The maximum atomic E-state index is 13.6. The fourth-order valence-electron chi connectivity index (χ4n) is 4.72. The van der Waals surface area contributed by atoms with Crippen LogP contribution in [0, 0.1) is 12.8 Å². The fraction of sp³-hybridized carbons (Fsp3) is 0.320. The molecule has 0 saturated heterocycles. The molecule has 3 heterocycles. The highest BCUT2D eigenvalue weighted by Crippen LogP contribution is 2.45. The molecule has 176 valence electrons. The first-order valence-electron chi connectivity index (χ1n) is 11.1. The number of alkyl halides is 3. The zero-order valence-corrected chi connectivity index (χ0v) is 18.8. The second-order valence-corrected chi connectivity index (χ2v) is 8.52. The number of aromatic nitrogens is 5. The molecule has 2 atom stereocenters. The molecular weight excluding hydrogens is 443 g/mol. The average Bonchev–Trinajstić information content (AvgIpc) is 3.52. The summed E-state index contributed by atoms with van der Waals surface area (Å²) in [5.41, 5.74) is 2.19. The molecule has 2 aromatic heterocycles. The molecule has 0 saturated carbocycles. The monoisotopic (exact) mass is 467 g/mol. The quantitative estimate of drug-likeness (QED) is 0.497. The summed E-state index contributed by atoms with van der Waals surface area (Å²) < 4.78 is 49.9. The molecule has 6 nitrogen and oxygen atoms in total. The summed E-state index contributed by atoms with van der Waals surface area (Å²) >= 11 is 0. The fourth-order valence-corrected chi connectivity index (χ4v) is 4.72. The summed E-state index contributed by atoms with van der Waals surface area (Å²) in [5, 5.41) is 4.51. The lowest BCUT2D eigenvalue weighted by molar-refractivity contribution is -0.100. The summed E-state index contributed by atoms with van der Waals surface area (Å²) in [5.74, 6) is 0.869. The lowest BCUT2D eigenvalue weighted by Crippen LogP contribution is -2.25. The topological polar surface area (TPSA) is 57.8 Å². The zero-order valence-electron chi connectivity index (χ0n) is 18.8. The number of methoxy groups -OCH3 is 1. The van der Waals surface area contributed by atoms with E-state index >= 15 is 0 Å². The SMILES string of the molecule is COc1cc(/C=C/c2nc3n(n2)CC[C@@H]3C2CC=CC=C2C(F)(F)F)ccc1-n1cnc(C)c1. The van der Waals surface area contributed by atoms with E-state index in [1.54, 1.807) is 30.3 Å². The van der Waals surface area contributed by atoms with Gasteiger partial charge in [-0.15, -0.1) is 0 Å². The van der Waals surface area contributed by atoms with Gasteiger partial charge in [0, 0.05) is 30.2 Å². The molecule has 0 bridgehead atoms.